The summed E-state index contributed by atoms with van der Waals surface area (Å²) in [5.74, 6) is -0.508. The first kappa shape index (κ1) is 22.7. The van der Waals surface area contributed by atoms with Crippen LogP contribution < -0.4 is 11.1 Å². The fourth-order valence-electron chi connectivity index (χ4n) is 3.46. The number of halogens is 4. The van der Waals surface area contributed by atoms with E-state index in [-0.39, 0.29) is 29.8 Å². The Labute approximate surface area is 157 Å². The molecule has 1 saturated carbocycles. The van der Waals surface area contributed by atoms with Crippen molar-refractivity contribution in [1.82, 2.24) is 5.32 Å². The Balaban J connectivity index is 0.00000338. The lowest BCUT2D eigenvalue weighted by Crippen LogP contribution is -2.51. The van der Waals surface area contributed by atoms with E-state index in [0.29, 0.717) is 6.54 Å². The van der Waals surface area contributed by atoms with E-state index in [1.807, 2.05) is 0 Å². The van der Waals surface area contributed by atoms with Crippen molar-refractivity contribution in [1.29, 1.82) is 0 Å². The van der Waals surface area contributed by atoms with Crippen molar-refractivity contribution in [3.05, 3.63) is 35.9 Å². The lowest BCUT2D eigenvalue weighted by molar-refractivity contribution is -0.264. The predicted molar refractivity (Wildman–Crippen MR) is 95.8 cm³/mol. The summed E-state index contributed by atoms with van der Waals surface area (Å²) in [5, 5.41) is 12.5. The summed E-state index contributed by atoms with van der Waals surface area (Å²) in [6.45, 7) is -0.581. The van der Waals surface area contributed by atoms with Crippen molar-refractivity contribution in [2.75, 3.05) is 13.1 Å². The zero-order chi connectivity index (χ0) is 18.6. The van der Waals surface area contributed by atoms with Crippen molar-refractivity contribution in [3.8, 4) is 0 Å². The number of hydrogen-bond donors (Lipinski definition) is 3. The highest BCUT2D eigenvalue weighted by atomic mass is 35.5. The Kier molecular flexibility index (Phi) is 7.92. The van der Waals surface area contributed by atoms with Crippen LogP contribution in [0.3, 0.4) is 0 Å². The molecular weight excluding hydrogens is 369 g/mol. The molecule has 1 unspecified atom stereocenters. The van der Waals surface area contributed by atoms with Gasteiger partial charge in [-0.2, -0.15) is 13.2 Å². The van der Waals surface area contributed by atoms with Crippen LogP contribution in [0.15, 0.2) is 30.3 Å². The van der Waals surface area contributed by atoms with Gasteiger partial charge in [0.1, 0.15) is 0 Å². The number of amides is 1. The molecule has 2 rings (SSSR count). The van der Waals surface area contributed by atoms with Gasteiger partial charge in [-0.15, -0.1) is 12.4 Å². The maximum atomic E-state index is 13.4. The van der Waals surface area contributed by atoms with Gasteiger partial charge in [0.15, 0.2) is 0 Å². The molecule has 1 aromatic rings. The Hall–Kier alpha value is -1.31. The van der Waals surface area contributed by atoms with Crippen LogP contribution in [0.5, 0.6) is 0 Å². The van der Waals surface area contributed by atoms with E-state index in [4.69, 9.17) is 5.73 Å². The van der Waals surface area contributed by atoms with Gasteiger partial charge in [-0.05, 0) is 30.4 Å². The van der Waals surface area contributed by atoms with Gasteiger partial charge in [0, 0.05) is 6.42 Å². The van der Waals surface area contributed by atoms with Crippen LogP contribution in [0.2, 0.25) is 0 Å². The third-order valence-corrected chi connectivity index (χ3v) is 5.14. The fraction of sp³-hybridized carbons (Fsp3) is 0.611. The van der Waals surface area contributed by atoms with E-state index in [1.54, 1.807) is 6.07 Å². The number of rotatable bonds is 6. The first-order valence-corrected chi connectivity index (χ1v) is 8.54. The molecule has 0 aromatic heterocycles. The SMILES string of the molecule is Cl.NCC1(CC(=O)NCC(O)(c2ccccc2)C(F)(F)F)CCCCC1. The monoisotopic (exact) mass is 394 g/mol. The van der Waals surface area contributed by atoms with Crippen LogP contribution in [-0.4, -0.2) is 30.3 Å². The Morgan fingerprint density at radius 2 is 1.73 bits per heavy atom. The van der Waals surface area contributed by atoms with Crippen LogP contribution in [0.4, 0.5) is 13.2 Å². The Bertz CT molecular complexity index is 578. The molecule has 8 heteroatoms. The normalized spacial score (nSPS) is 19.1. The lowest BCUT2D eigenvalue weighted by Gasteiger charge is -2.36. The van der Waals surface area contributed by atoms with Gasteiger partial charge in [-0.1, -0.05) is 49.6 Å². The van der Waals surface area contributed by atoms with Crippen LogP contribution >= 0.6 is 12.4 Å². The van der Waals surface area contributed by atoms with E-state index in [1.165, 1.54) is 24.3 Å². The molecule has 0 radical (unpaired) electrons. The first-order valence-electron chi connectivity index (χ1n) is 8.54. The standard InChI is InChI=1S/C18H25F3N2O2.ClH/c19-18(20,21)17(25,14-7-3-1-4-8-14)13-23-15(24)11-16(12-22)9-5-2-6-10-16;/h1,3-4,7-8,25H,2,5-6,9-13,22H2,(H,23,24);1H. The van der Waals surface area contributed by atoms with Crippen LogP contribution in [-0.2, 0) is 10.4 Å². The summed E-state index contributed by atoms with van der Waals surface area (Å²) < 4.78 is 40.3. The molecule has 26 heavy (non-hydrogen) atoms. The highest BCUT2D eigenvalue weighted by Crippen LogP contribution is 2.40. The molecule has 1 aliphatic rings. The molecule has 1 aromatic carbocycles. The van der Waals surface area contributed by atoms with Gasteiger partial charge in [0.25, 0.3) is 0 Å². The summed E-state index contributed by atoms with van der Waals surface area (Å²) in [6.07, 6.45) is -0.171. The van der Waals surface area contributed by atoms with Crippen LogP contribution in [0.25, 0.3) is 0 Å². The average Bonchev–Trinajstić information content (AvgIpc) is 2.60. The third-order valence-electron chi connectivity index (χ3n) is 5.14. The summed E-state index contributed by atoms with van der Waals surface area (Å²) in [7, 11) is 0. The molecule has 0 saturated heterocycles. The minimum Gasteiger partial charge on any atom is -0.375 e. The maximum absolute atomic E-state index is 13.4. The topological polar surface area (TPSA) is 75.4 Å². The molecule has 1 aliphatic carbocycles. The quantitative estimate of drug-likeness (QED) is 0.693. The van der Waals surface area contributed by atoms with E-state index in [9.17, 15) is 23.1 Å². The molecule has 4 N–H and O–H groups in total. The van der Waals surface area contributed by atoms with Gasteiger partial charge in [-0.3, -0.25) is 4.79 Å². The van der Waals surface area contributed by atoms with Gasteiger partial charge >= 0.3 is 6.18 Å². The Morgan fingerprint density at radius 3 is 2.23 bits per heavy atom. The largest absolute Gasteiger partial charge is 0.423 e. The van der Waals surface area contributed by atoms with Gasteiger partial charge in [0.05, 0.1) is 6.54 Å². The second-order valence-corrected chi connectivity index (χ2v) is 6.94. The van der Waals surface area contributed by atoms with Gasteiger partial charge in [0.2, 0.25) is 11.5 Å². The molecule has 0 aliphatic heterocycles. The highest BCUT2D eigenvalue weighted by molar-refractivity contribution is 5.85. The minimum atomic E-state index is -4.90. The Morgan fingerprint density at radius 1 is 1.15 bits per heavy atom. The minimum absolute atomic E-state index is 0. The summed E-state index contributed by atoms with van der Waals surface area (Å²) in [4.78, 5) is 12.2. The number of carbonyl (C=O) groups excluding carboxylic acids is 1. The molecule has 0 bridgehead atoms. The smallest absolute Gasteiger partial charge is 0.375 e. The van der Waals surface area contributed by atoms with Crippen LogP contribution in [0, 0.1) is 5.41 Å². The first-order chi connectivity index (χ1) is 11.7. The molecule has 0 spiro atoms. The van der Waals surface area contributed by atoms with E-state index in [2.05, 4.69) is 5.32 Å². The zero-order valence-corrected chi connectivity index (χ0v) is 15.3. The second kappa shape index (κ2) is 9.06. The van der Waals surface area contributed by atoms with Crippen LogP contribution in [0.1, 0.15) is 44.1 Å². The van der Waals surface area contributed by atoms with E-state index in [0.717, 1.165) is 32.1 Å². The number of carbonyl (C=O) groups is 1. The number of alkyl halides is 3. The number of hydrogen-bond acceptors (Lipinski definition) is 3. The second-order valence-electron chi connectivity index (χ2n) is 6.94. The number of aliphatic hydroxyl groups is 1. The number of benzene rings is 1. The summed E-state index contributed by atoms with van der Waals surface area (Å²) in [5.41, 5.74) is 2.06. The molecule has 1 fully saturated rings. The van der Waals surface area contributed by atoms with Crippen molar-refractivity contribution in [3.63, 3.8) is 0 Å². The summed E-state index contributed by atoms with van der Waals surface area (Å²) >= 11 is 0. The number of nitrogens with two attached hydrogens (primary N) is 1. The van der Waals surface area contributed by atoms with Crippen molar-refractivity contribution in [2.45, 2.75) is 50.3 Å². The molecular formula is C18H26ClF3N2O2. The van der Waals surface area contributed by atoms with E-state index >= 15 is 0 Å². The highest BCUT2D eigenvalue weighted by Gasteiger charge is 2.55. The van der Waals surface area contributed by atoms with Crippen molar-refractivity contribution in [2.24, 2.45) is 11.1 Å². The maximum Gasteiger partial charge on any atom is 0.423 e. The lowest BCUT2D eigenvalue weighted by atomic mass is 9.71. The summed E-state index contributed by atoms with van der Waals surface area (Å²) in [6, 6.07) is 6.79. The van der Waals surface area contributed by atoms with E-state index < -0.39 is 24.2 Å². The zero-order valence-electron chi connectivity index (χ0n) is 14.5. The average molecular weight is 395 g/mol. The van der Waals surface area contributed by atoms with Gasteiger partial charge < -0.3 is 16.2 Å². The third kappa shape index (κ3) is 5.11. The van der Waals surface area contributed by atoms with Gasteiger partial charge in [-0.25, -0.2) is 0 Å². The molecule has 1 atom stereocenters. The molecule has 148 valence electrons. The molecule has 0 heterocycles. The molecule has 4 nitrogen and oxygen atoms in total. The molecule has 1 amide bonds. The van der Waals surface area contributed by atoms with Crippen molar-refractivity contribution >= 4 is 18.3 Å². The fourth-order valence-corrected chi connectivity index (χ4v) is 3.46. The number of nitrogens with one attached hydrogen (secondary N) is 1. The van der Waals surface area contributed by atoms with Crippen molar-refractivity contribution < 1.29 is 23.1 Å². The predicted octanol–water partition coefficient (Wildman–Crippen LogP) is 3.27.